The molecular formula is C17H14ClN3OS2. The van der Waals surface area contributed by atoms with Crippen molar-refractivity contribution in [1.82, 2.24) is 10.2 Å². The Morgan fingerprint density at radius 2 is 1.83 bits per heavy atom. The number of hydrogen-bond donors (Lipinski definition) is 1. The van der Waals surface area contributed by atoms with Crippen molar-refractivity contribution in [2.24, 2.45) is 0 Å². The standard InChI is InChI=1S/C17H14ClN3OS2/c18-14-9-5-4-8-13(14)15(22)11-23-17-21-20-16(24-17)19-10-12-6-2-1-3-7-12/h1-9H,10-11H2,(H,19,20). The highest BCUT2D eigenvalue weighted by Gasteiger charge is 2.12. The molecule has 4 nitrogen and oxygen atoms in total. The second-order valence-electron chi connectivity index (χ2n) is 4.90. The number of carbonyl (C=O) groups is 1. The molecule has 1 aromatic heterocycles. The molecule has 0 aliphatic carbocycles. The molecule has 0 saturated heterocycles. The van der Waals surface area contributed by atoms with Crippen LogP contribution in [0.1, 0.15) is 15.9 Å². The molecule has 122 valence electrons. The summed E-state index contributed by atoms with van der Waals surface area (Å²) >= 11 is 8.85. The summed E-state index contributed by atoms with van der Waals surface area (Å²) in [6.45, 7) is 0.693. The summed E-state index contributed by atoms with van der Waals surface area (Å²) in [5.74, 6) is 0.274. The first kappa shape index (κ1) is 17.0. The molecule has 2 aromatic carbocycles. The van der Waals surface area contributed by atoms with E-state index < -0.39 is 0 Å². The topological polar surface area (TPSA) is 54.9 Å². The molecule has 1 N–H and O–H groups in total. The van der Waals surface area contributed by atoms with Crippen LogP contribution >= 0.6 is 34.7 Å². The van der Waals surface area contributed by atoms with Crippen LogP contribution in [0.15, 0.2) is 58.9 Å². The molecule has 0 aliphatic rings. The Morgan fingerprint density at radius 1 is 1.08 bits per heavy atom. The second-order valence-corrected chi connectivity index (χ2v) is 7.51. The van der Waals surface area contributed by atoms with Crippen LogP contribution in [0.4, 0.5) is 5.13 Å². The van der Waals surface area contributed by atoms with Gasteiger partial charge in [0.05, 0.1) is 10.8 Å². The predicted octanol–water partition coefficient (Wildman–Crippen LogP) is 4.78. The third-order valence-electron chi connectivity index (χ3n) is 3.19. The Kier molecular flexibility index (Phi) is 5.85. The van der Waals surface area contributed by atoms with Crippen LogP contribution in [0.2, 0.25) is 5.02 Å². The van der Waals surface area contributed by atoms with Gasteiger partial charge in [-0.1, -0.05) is 77.2 Å². The summed E-state index contributed by atoms with van der Waals surface area (Å²) in [5, 5.41) is 12.7. The van der Waals surface area contributed by atoms with E-state index in [9.17, 15) is 4.79 Å². The molecule has 1 heterocycles. The van der Waals surface area contributed by atoms with Crippen molar-refractivity contribution < 1.29 is 4.79 Å². The van der Waals surface area contributed by atoms with Gasteiger partial charge in [-0.05, 0) is 17.7 Å². The van der Waals surface area contributed by atoms with Crippen molar-refractivity contribution in [3.63, 3.8) is 0 Å². The minimum absolute atomic E-state index is 0.0143. The molecule has 0 amide bonds. The zero-order valence-corrected chi connectivity index (χ0v) is 15.0. The maximum Gasteiger partial charge on any atom is 0.206 e. The van der Waals surface area contributed by atoms with E-state index in [1.165, 1.54) is 28.7 Å². The van der Waals surface area contributed by atoms with E-state index in [1.54, 1.807) is 18.2 Å². The lowest BCUT2D eigenvalue weighted by Gasteiger charge is -2.01. The number of hydrogen-bond acceptors (Lipinski definition) is 6. The molecule has 0 spiro atoms. The van der Waals surface area contributed by atoms with Gasteiger partial charge >= 0.3 is 0 Å². The molecule has 3 rings (SSSR count). The van der Waals surface area contributed by atoms with Crippen molar-refractivity contribution >= 4 is 45.6 Å². The average molecular weight is 376 g/mol. The van der Waals surface area contributed by atoms with Gasteiger partial charge in [0, 0.05) is 12.1 Å². The summed E-state index contributed by atoms with van der Waals surface area (Å²) in [4.78, 5) is 12.2. The third-order valence-corrected chi connectivity index (χ3v) is 5.54. The quantitative estimate of drug-likeness (QED) is 0.475. The number of nitrogens with zero attached hydrogens (tertiary/aromatic N) is 2. The number of ketones is 1. The van der Waals surface area contributed by atoms with Crippen LogP contribution in [0.25, 0.3) is 0 Å². The molecule has 0 atom stereocenters. The first-order valence-corrected chi connectivity index (χ1v) is 9.42. The van der Waals surface area contributed by atoms with Gasteiger partial charge in [0.2, 0.25) is 5.13 Å². The average Bonchev–Trinajstić information content (AvgIpc) is 3.07. The first-order valence-electron chi connectivity index (χ1n) is 7.24. The SMILES string of the molecule is O=C(CSc1nnc(NCc2ccccc2)s1)c1ccccc1Cl. The van der Waals surface area contributed by atoms with Gasteiger partial charge in [-0.15, -0.1) is 10.2 Å². The molecule has 0 bridgehead atoms. The van der Waals surface area contributed by atoms with Gasteiger partial charge in [-0.2, -0.15) is 0 Å². The largest absolute Gasteiger partial charge is 0.356 e. The van der Waals surface area contributed by atoms with E-state index in [0.29, 0.717) is 17.1 Å². The molecule has 3 aromatic rings. The molecule has 0 fully saturated rings. The van der Waals surface area contributed by atoms with E-state index in [4.69, 9.17) is 11.6 Å². The first-order chi connectivity index (χ1) is 11.7. The van der Waals surface area contributed by atoms with Crippen LogP contribution in [0.5, 0.6) is 0 Å². The van der Waals surface area contributed by atoms with Gasteiger partial charge in [-0.25, -0.2) is 0 Å². The summed E-state index contributed by atoms with van der Waals surface area (Å²) in [6.07, 6.45) is 0. The lowest BCUT2D eigenvalue weighted by molar-refractivity contribution is 0.102. The Hall–Kier alpha value is -1.89. The summed E-state index contributed by atoms with van der Waals surface area (Å²) < 4.78 is 0.756. The minimum Gasteiger partial charge on any atom is -0.356 e. The van der Waals surface area contributed by atoms with E-state index >= 15 is 0 Å². The summed E-state index contributed by atoms with van der Waals surface area (Å²) in [7, 11) is 0. The highest BCUT2D eigenvalue weighted by atomic mass is 35.5. The molecule has 7 heteroatoms. The van der Waals surface area contributed by atoms with Crippen molar-refractivity contribution in [3.05, 3.63) is 70.7 Å². The Morgan fingerprint density at radius 3 is 2.62 bits per heavy atom. The Balaban J connectivity index is 1.53. The minimum atomic E-state index is -0.0143. The van der Waals surface area contributed by atoms with Crippen molar-refractivity contribution in [2.75, 3.05) is 11.1 Å². The number of nitrogens with one attached hydrogen (secondary N) is 1. The number of halogens is 1. The van der Waals surface area contributed by atoms with Gasteiger partial charge < -0.3 is 5.32 Å². The molecule has 0 radical (unpaired) electrons. The van der Waals surface area contributed by atoms with E-state index in [-0.39, 0.29) is 11.5 Å². The number of rotatable bonds is 7. The number of Topliss-reactive ketones (excluding diaryl/α,β-unsaturated/α-hetero) is 1. The molecular weight excluding hydrogens is 362 g/mol. The molecule has 0 aliphatic heterocycles. The monoisotopic (exact) mass is 375 g/mol. The fraction of sp³-hybridized carbons (Fsp3) is 0.118. The zero-order valence-electron chi connectivity index (χ0n) is 12.6. The van der Waals surface area contributed by atoms with Crippen molar-refractivity contribution in [3.8, 4) is 0 Å². The van der Waals surface area contributed by atoms with Crippen LogP contribution in [-0.4, -0.2) is 21.7 Å². The zero-order chi connectivity index (χ0) is 16.8. The third kappa shape index (κ3) is 4.56. The van der Waals surface area contributed by atoms with Crippen LogP contribution < -0.4 is 5.32 Å². The normalized spacial score (nSPS) is 10.5. The van der Waals surface area contributed by atoms with E-state index in [0.717, 1.165) is 9.47 Å². The van der Waals surface area contributed by atoms with Crippen molar-refractivity contribution in [2.45, 2.75) is 10.9 Å². The predicted molar refractivity (Wildman–Crippen MR) is 100 cm³/mol. The molecule has 0 unspecified atom stereocenters. The number of benzene rings is 2. The maximum atomic E-state index is 12.2. The van der Waals surface area contributed by atoms with Gasteiger partial charge in [0.15, 0.2) is 10.1 Å². The van der Waals surface area contributed by atoms with Gasteiger partial charge in [-0.3, -0.25) is 4.79 Å². The highest BCUT2D eigenvalue weighted by Crippen LogP contribution is 2.27. The van der Waals surface area contributed by atoms with Crippen molar-refractivity contribution in [1.29, 1.82) is 0 Å². The van der Waals surface area contributed by atoms with E-state index in [1.807, 2.05) is 36.4 Å². The lowest BCUT2D eigenvalue weighted by atomic mass is 10.1. The fourth-order valence-corrected chi connectivity index (χ4v) is 3.88. The fourth-order valence-electron chi connectivity index (χ4n) is 2.01. The smallest absolute Gasteiger partial charge is 0.206 e. The Labute approximate surface area is 153 Å². The molecule has 24 heavy (non-hydrogen) atoms. The number of carbonyl (C=O) groups excluding carboxylic acids is 1. The summed E-state index contributed by atoms with van der Waals surface area (Å²) in [5.41, 5.74) is 1.72. The summed E-state index contributed by atoms with van der Waals surface area (Å²) in [6, 6.07) is 17.1. The number of thioether (sulfide) groups is 1. The highest BCUT2D eigenvalue weighted by molar-refractivity contribution is 8.01. The maximum absolute atomic E-state index is 12.2. The number of anilines is 1. The van der Waals surface area contributed by atoms with Crippen LogP contribution in [0, 0.1) is 0 Å². The van der Waals surface area contributed by atoms with Crippen LogP contribution in [-0.2, 0) is 6.54 Å². The van der Waals surface area contributed by atoms with Gasteiger partial charge in [0.1, 0.15) is 0 Å². The van der Waals surface area contributed by atoms with E-state index in [2.05, 4.69) is 15.5 Å². The second kappa shape index (κ2) is 8.28. The van der Waals surface area contributed by atoms with Gasteiger partial charge in [0.25, 0.3) is 0 Å². The number of aromatic nitrogens is 2. The lowest BCUT2D eigenvalue weighted by Crippen LogP contribution is -2.02. The molecule has 0 saturated carbocycles. The van der Waals surface area contributed by atoms with Crippen LogP contribution in [0.3, 0.4) is 0 Å². The Bertz CT molecular complexity index is 823.